The summed E-state index contributed by atoms with van der Waals surface area (Å²) in [6.45, 7) is 0.392. The lowest BCUT2D eigenvalue weighted by Crippen LogP contribution is -2.23. The zero-order chi connectivity index (χ0) is 17.0. The number of carbonyl (C=O) groups is 1. The molecular weight excluding hydrogens is 347 g/mol. The summed E-state index contributed by atoms with van der Waals surface area (Å²) in [7, 11) is 1.62. The molecule has 0 aliphatic carbocycles. The van der Waals surface area contributed by atoms with Crippen LogP contribution in [-0.2, 0) is 17.5 Å². The summed E-state index contributed by atoms with van der Waals surface area (Å²) in [5.74, 6) is -0.299. The third-order valence-corrected chi connectivity index (χ3v) is 4.25. The Morgan fingerprint density at radius 1 is 1.30 bits per heavy atom. The minimum atomic E-state index is -4.40. The Balaban J connectivity index is 2.03. The Morgan fingerprint density at radius 3 is 2.65 bits per heavy atom. The number of alkyl halides is 3. The van der Waals surface area contributed by atoms with Crippen molar-refractivity contribution < 1.29 is 18.0 Å². The lowest BCUT2D eigenvalue weighted by atomic mass is 10.1. The first-order valence-electron chi connectivity index (χ1n) is 6.60. The maximum absolute atomic E-state index is 12.6. The lowest BCUT2D eigenvalue weighted by molar-refractivity contribution is -0.137. The van der Waals surface area contributed by atoms with Crippen molar-refractivity contribution in [2.24, 2.45) is 0 Å². The van der Waals surface area contributed by atoms with Crippen LogP contribution in [0.4, 0.5) is 13.2 Å². The highest BCUT2D eigenvalue weighted by molar-refractivity contribution is 7.16. The highest BCUT2D eigenvalue weighted by atomic mass is 35.5. The van der Waals surface area contributed by atoms with Crippen molar-refractivity contribution in [2.45, 2.75) is 12.7 Å². The molecule has 2 nitrogen and oxygen atoms in total. The molecule has 7 heteroatoms. The number of thiophene rings is 1. The topological polar surface area (TPSA) is 20.3 Å². The van der Waals surface area contributed by atoms with Crippen LogP contribution in [0.1, 0.15) is 16.0 Å². The SMILES string of the molecule is CN(Cc1ccc(Cl)s1)C(=O)/C=C/c1cccc(C(F)(F)F)c1. The van der Waals surface area contributed by atoms with Gasteiger partial charge in [0.1, 0.15) is 0 Å². The molecular formula is C16H13ClF3NOS. The van der Waals surface area contributed by atoms with Crippen molar-refractivity contribution in [3.8, 4) is 0 Å². The zero-order valence-electron chi connectivity index (χ0n) is 12.1. The van der Waals surface area contributed by atoms with Crippen molar-refractivity contribution in [3.05, 3.63) is 62.8 Å². The van der Waals surface area contributed by atoms with Gasteiger partial charge in [-0.1, -0.05) is 23.7 Å². The van der Waals surface area contributed by atoms with Gasteiger partial charge < -0.3 is 4.90 Å². The molecule has 0 aliphatic heterocycles. The van der Waals surface area contributed by atoms with Gasteiger partial charge in [-0.2, -0.15) is 13.2 Å². The molecule has 0 unspecified atom stereocenters. The summed E-state index contributed by atoms with van der Waals surface area (Å²) in [6, 6.07) is 8.39. The summed E-state index contributed by atoms with van der Waals surface area (Å²) in [4.78, 5) is 14.4. The van der Waals surface area contributed by atoms with Gasteiger partial charge in [-0.3, -0.25) is 4.79 Å². The van der Waals surface area contributed by atoms with E-state index in [1.165, 1.54) is 40.5 Å². The molecule has 1 heterocycles. The molecule has 2 rings (SSSR count). The molecule has 0 radical (unpaired) electrons. The molecule has 1 aromatic carbocycles. The smallest absolute Gasteiger partial charge is 0.337 e. The molecule has 0 spiro atoms. The van der Waals surface area contributed by atoms with Crippen LogP contribution in [0, 0.1) is 0 Å². The van der Waals surface area contributed by atoms with Gasteiger partial charge in [-0.15, -0.1) is 11.3 Å². The third kappa shape index (κ3) is 5.11. The number of rotatable bonds is 4. The Morgan fingerprint density at radius 2 is 2.04 bits per heavy atom. The van der Waals surface area contributed by atoms with Crippen LogP contribution in [-0.4, -0.2) is 17.9 Å². The van der Waals surface area contributed by atoms with Crippen LogP contribution >= 0.6 is 22.9 Å². The molecule has 0 atom stereocenters. The van der Waals surface area contributed by atoms with Gasteiger partial charge >= 0.3 is 6.18 Å². The van der Waals surface area contributed by atoms with E-state index in [-0.39, 0.29) is 5.91 Å². The van der Waals surface area contributed by atoms with E-state index in [1.54, 1.807) is 13.1 Å². The first kappa shape index (κ1) is 17.6. The quantitative estimate of drug-likeness (QED) is 0.696. The van der Waals surface area contributed by atoms with Gasteiger partial charge in [0.25, 0.3) is 0 Å². The molecule has 23 heavy (non-hydrogen) atoms. The van der Waals surface area contributed by atoms with E-state index in [1.807, 2.05) is 6.07 Å². The fraction of sp³-hybridized carbons (Fsp3) is 0.188. The monoisotopic (exact) mass is 359 g/mol. The van der Waals surface area contributed by atoms with Gasteiger partial charge in [0.2, 0.25) is 5.91 Å². The van der Waals surface area contributed by atoms with Gasteiger partial charge in [0, 0.05) is 18.0 Å². The molecule has 2 aromatic rings. The highest BCUT2D eigenvalue weighted by Crippen LogP contribution is 2.29. The molecule has 0 saturated heterocycles. The average Bonchev–Trinajstić information content (AvgIpc) is 2.89. The van der Waals surface area contributed by atoms with Gasteiger partial charge in [-0.05, 0) is 35.9 Å². The van der Waals surface area contributed by atoms with E-state index in [2.05, 4.69) is 0 Å². The molecule has 1 amide bonds. The maximum atomic E-state index is 12.6. The molecule has 0 N–H and O–H groups in total. The normalized spacial score (nSPS) is 11.9. The molecule has 0 fully saturated rings. The summed E-state index contributed by atoms with van der Waals surface area (Å²) < 4.78 is 38.5. The number of amides is 1. The number of halogens is 4. The van der Waals surface area contributed by atoms with Crippen molar-refractivity contribution in [1.29, 1.82) is 0 Å². The van der Waals surface area contributed by atoms with Crippen LogP contribution in [0.2, 0.25) is 4.34 Å². The molecule has 0 aliphatic rings. The van der Waals surface area contributed by atoms with E-state index >= 15 is 0 Å². The van der Waals surface area contributed by atoms with E-state index in [4.69, 9.17) is 11.6 Å². The Kier molecular flexibility index (Phi) is 5.49. The standard InChI is InChI=1S/C16H13ClF3NOS/c1-21(10-13-6-7-14(17)23-13)15(22)8-5-11-3-2-4-12(9-11)16(18,19)20/h2-9H,10H2,1H3/b8-5+. The predicted molar refractivity (Wildman–Crippen MR) is 86.3 cm³/mol. The van der Waals surface area contributed by atoms with Crippen molar-refractivity contribution >= 4 is 34.9 Å². The number of hydrogen-bond acceptors (Lipinski definition) is 2. The predicted octanol–water partition coefficient (Wildman–Crippen LogP) is 5.09. The Hall–Kier alpha value is -1.79. The van der Waals surface area contributed by atoms with Crippen molar-refractivity contribution in [2.75, 3.05) is 7.05 Å². The summed E-state index contributed by atoms with van der Waals surface area (Å²) in [5, 5.41) is 0. The van der Waals surface area contributed by atoms with Crippen LogP contribution in [0.15, 0.2) is 42.5 Å². The van der Waals surface area contributed by atoms with Crippen LogP contribution in [0.3, 0.4) is 0 Å². The molecule has 0 bridgehead atoms. The fourth-order valence-corrected chi connectivity index (χ4v) is 3.00. The van der Waals surface area contributed by atoms with Gasteiger partial charge in [-0.25, -0.2) is 0 Å². The summed E-state index contributed by atoms with van der Waals surface area (Å²) in [6.07, 6.45) is -1.77. The third-order valence-electron chi connectivity index (χ3n) is 3.03. The minimum Gasteiger partial charge on any atom is -0.337 e. The van der Waals surface area contributed by atoms with Crippen LogP contribution < -0.4 is 0 Å². The molecule has 1 aromatic heterocycles. The Bertz CT molecular complexity index is 724. The van der Waals surface area contributed by atoms with E-state index < -0.39 is 11.7 Å². The van der Waals surface area contributed by atoms with Gasteiger partial charge in [0.15, 0.2) is 0 Å². The molecule has 0 saturated carbocycles. The van der Waals surface area contributed by atoms with E-state index in [0.29, 0.717) is 16.4 Å². The van der Waals surface area contributed by atoms with Crippen LogP contribution in [0.5, 0.6) is 0 Å². The number of likely N-dealkylation sites (N-methyl/N-ethyl adjacent to an activating group) is 1. The minimum absolute atomic E-state index is 0.299. The second-order valence-corrected chi connectivity index (χ2v) is 6.66. The Labute approximate surface area is 140 Å². The fourth-order valence-electron chi connectivity index (χ4n) is 1.86. The van der Waals surface area contributed by atoms with Crippen molar-refractivity contribution in [1.82, 2.24) is 4.90 Å². The summed E-state index contributed by atoms with van der Waals surface area (Å²) >= 11 is 7.20. The lowest BCUT2D eigenvalue weighted by Gasteiger charge is -2.13. The zero-order valence-corrected chi connectivity index (χ0v) is 13.7. The number of benzene rings is 1. The maximum Gasteiger partial charge on any atom is 0.416 e. The number of hydrogen-bond donors (Lipinski definition) is 0. The van der Waals surface area contributed by atoms with Crippen molar-refractivity contribution in [3.63, 3.8) is 0 Å². The first-order chi connectivity index (χ1) is 10.8. The second-order valence-electron chi connectivity index (χ2n) is 4.86. The van der Waals surface area contributed by atoms with E-state index in [9.17, 15) is 18.0 Å². The summed E-state index contributed by atoms with van der Waals surface area (Å²) in [5.41, 5.74) is -0.422. The highest BCUT2D eigenvalue weighted by Gasteiger charge is 2.30. The number of carbonyl (C=O) groups excluding carboxylic acids is 1. The van der Waals surface area contributed by atoms with Gasteiger partial charge in [0.05, 0.1) is 16.4 Å². The largest absolute Gasteiger partial charge is 0.416 e. The van der Waals surface area contributed by atoms with E-state index in [0.717, 1.165) is 17.0 Å². The number of nitrogens with zero attached hydrogens (tertiary/aromatic N) is 1. The van der Waals surface area contributed by atoms with Crippen LogP contribution in [0.25, 0.3) is 6.08 Å². The average molecular weight is 360 g/mol. The second kappa shape index (κ2) is 7.19. The molecule has 122 valence electrons. The first-order valence-corrected chi connectivity index (χ1v) is 7.80.